The molecule has 0 unspecified atom stereocenters. The molecule has 1 heterocycles. The predicted octanol–water partition coefficient (Wildman–Crippen LogP) is 3.09. The molecule has 3 nitrogen and oxygen atoms in total. The quantitative estimate of drug-likeness (QED) is 0.873. The Labute approximate surface area is 118 Å². The topological polar surface area (TPSA) is 36.4 Å². The molecule has 2 rings (SSSR count). The van der Waals surface area contributed by atoms with Crippen LogP contribution in [0.25, 0.3) is 10.9 Å². The SMILES string of the molecule is CN(Cc1cc2ccccc2nc1Cl)CC(C)(C)O. The number of rotatable bonds is 4. The van der Waals surface area contributed by atoms with Gasteiger partial charge in [-0.15, -0.1) is 0 Å². The normalized spacial score (nSPS) is 12.3. The van der Waals surface area contributed by atoms with Crippen LogP contribution in [0.15, 0.2) is 30.3 Å². The molecule has 0 aliphatic rings. The molecule has 1 aromatic heterocycles. The lowest BCUT2D eigenvalue weighted by Gasteiger charge is -2.25. The zero-order chi connectivity index (χ0) is 14.0. The number of aliphatic hydroxyl groups is 1. The van der Waals surface area contributed by atoms with Crippen LogP contribution in [0.4, 0.5) is 0 Å². The van der Waals surface area contributed by atoms with E-state index in [2.05, 4.69) is 11.1 Å². The summed E-state index contributed by atoms with van der Waals surface area (Å²) in [6.45, 7) is 4.84. The highest BCUT2D eigenvalue weighted by atomic mass is 35.5. The van der Waals surface area contributed by atoms with Gasteiger partial charge in [-0.05, 0) is 33.0 Å². The molecule has 4 heteroatoms. The van der Waals surface area contributed by atoms with Gasteiger partial charge in [-0.2, -0.15) is 0 Å². The van der Waals surface area contributed by atoms with Gasteiger partial charge in [0.05, 0.1) is 11.1 Å². The molecule has 1 aromatic carbocycles. The second kappa shape index (κ2) is 5.45. The van der Waals surface area contributed by atoms with Crippen LogP contribution in [-0.4, -0.2) is 34.2 Å². The first-order valence-electron chi connectivity index (χ1n) is 6.30. The number of nitrogens with zero attached hydrogens (tertiary/aromatic N) is 2. The fraction of sp³-hybridized carbons (Fsp3) is 0.400. The van der Waals surface area contributed by atoms with Gasteiger partial charge < -0.3 is 5.11 Å². The first kappa shape index (κ1) is 14.3. The summed E-state index contributed by atoms with van der Waals surface area (Å²) in [5, 5.41) is 11.4. The van der Waals surface area contributed by atoms with E-state index in [9.17, 15) is 5.11 Å². The highest BCUT2D eigenvalue weighted by Crippen LogP contribution is 2.21. The van der Waals surface area contributed by atoms with Gasteiger partial charge in [0.1, 0.15) is 5.15 Å². The maximum Gasteiger partial charge on any atom is 0.134 e. The molecule has 0 spiro atoms. The summed E-state index contributed by atoms with van der Waals surface area (Å²) < 4.78 is 0. The van der Waals surface area contributed by atoms with E-state index in [4.69, 9.17) is 11.6 Å². The number of hydrogen-bond acceptors (Lipinski definition) is 3. The third-order valence-electron chi connectivity index (χ3n) is 2.85. The van der Waals surface area contributed by atoms with E-state index in [1.165, 1.54) is 0 Å². The molecule has 102 valence electrons. The molecule has 1 N–H and O–H groups in total. The van der Waals surface area contributed by atoms with Crippen molar-refractivity contribution in [2.75, 3.05) is 13.6 Å². The zero-order valence-electron chi connectivity index (χ0n) is 11.5. The number of likely N-dealkylation sites (N-methyl/N-ethyl adjacent to an activating group) is 1. The second-order valence-corrected chi connectivity index (χ2v) is 5.97. The van der Waals surface area contributed by atoms with Crippen LogP contribution < -0.4 is 0 Å². The van der Waals surface area contributed by atoms with Gasteiger partial charge in [-0.25, -0.2) is 4.98 Å². The van der Waals surface area contributed by atoms with Crippen molar-refractivity contribution in [2.45, 2.75) is 26.0 Å². The van der Waals surface area contributed by atoms with E-state index in [1.807, 2.05) is 36.2 Å². The summed E-state index contributed by atoms with van der Waals surface area (Å²) in [4.78, 5) is 6.44. The van der Waals surface area contributed by atoms with E-state index in [0.717, 1.165) is 16.5 Å². The van der Waals surface area contributed by atoms with Crippen LogP contribution in [0, 0.1) is 0 Å². The maximum absolute atomic E-state index is 9.82. The largest absolute Gasteiger partial charge is 0.389 e. The molecule has 0 saturated carbocycles. The molecule has 0 radical (unpaired) electrons. The molecular formula is C15H19ClN2O. The molecule has 0 bridgehead atoms. The molecule has 0 atom stereocenters. The highest BCUT2D eigenvalue weighted by Gasteiger charge is 2.16. The lowest BCUT2D eigenvalue weighted by molar-refractivity contribution is 0.0425. The number of hydrogen-bond donors (Lipinski definition) is 1. The van der Waals surface area contributed by atoms with E-state index in [1.54, 1.807) is 13.8 Å². The van der Waals surface area contributed by atoms with Crippen molar-refractivity contribution in [1.29, 1.82) is 0 Å². The highest BCUT2D eigenvalue weighted by molar-refractivity contribution is 6.30. The fourth-order valence-corrected chi connectivity index (χ4v) is 2.46. The summed E-state index contributed by atoms with van der Waals surface area (Å²) in [5.74, 6) is 0. The van der Waals surface area contributed by atoms with Gasteiger partial charge in [0.2, 0.25) is 0 Å². The minimum absolute atomic E-state index is 0.529. The lowest BCUT2D eigenvalue weighted by atomic mass is 10.1. The smallest absolute Gasteiger partial charge is 0.134 e. The van der Waals surface area contributed by atoms with Gasteiger partial charge >= 0.3 is 0 Å². The Morgan fingerprint density at radius 2 is 2.00 bits per heavy atom. The van der Waals surface area contributed by atoms with Gasteiger partial charge in [0.15, 0.2) is 0 Å². The zero-order valence-corrected chi connectivity index (χ0v) is 12.3. The standard InChI is InChI=1S/C15H19ClN2O/c1-15(2,19)10-18(3)9-12-8-11-6-4-5-7-13(11)17-14(12)16/h4-8,19H,9-10H2,1-3H3. The molecule has 2 aromatic rings. The summed E-state index contributed by atoms with van der Waals surface area (Å²) >= 11 is 6.22. The van der Waals surface area contributed by atoms with Crippen LogP contribution in [0.1, 0.15) is 19.4 Å². The lowest BCUT2D eigenvalue weighted by Crippen LogP contribution is -2.35. The Bertz CT molecular complexity index is 578. The van der Waals surface area contributed by atoms with E-state index in [-0.39, 0.29) is 0 Å². The summed E-state index contributed by atoms with van der Waals surface area (Å²) in [5.41, 5.74) is 1.17. The van der Waals surface area contributed by atoms with Crippen molar-refractivity contribution >= 4 is 22.5 Å². The van der Waals surface area contributed by atoms with Crippen LogP contribution in [0.5, 0.6) is 0 Å². The molecule has 19 heavy (non-hydrogen) atoms. The van der Waals surface area contributed by atoms with E-state index >= 15 is 0 Å². The first-order chi connectivity index (χ1) is 8.85. The van der Waals surface area contributed by atoms with Gasteiger partial charge in [0, 0.05) is 24.0 Å². The molecule has 0 amide bonds. The number of pyridine rings is 1. The molecule has 0 fully saturated rings. The molecule has 0 aliphatic carbocycles. The molecular weight excluding hydrogens is 260 g/mol. The number of benzene rings is 1. The van der Waals surface area contributed by atoms with Crippen molar-refractivity contribution < 1.29 is 5.11 Å². The minimum Gasteiger partial charge on any atom is -0.389 e. The number of para-hydroxylation sites is 1. The Morgan fingerprint density at radius 1 is 1.32 bits per heavy atom. The fourth-order valence-electron chi connectivity index (χ4n) is 2.25. The maximum atomic E-state index is 9.82. The van der Waals surface area contributed by atoms with Gasteiger partial charge in [-0.3, -0.25) is 4.90 Å². The monoisotopic (exact) mass is 278 g/mol. The second-order valence-electron chi connectivity index (χ2n) is 5.62. The average molecular weight is 279 g/mol. The van der Waals surface area contributed by atoms with Gasteiger partial charge in [0.25, 0.3) is 0 Å². The summed E-state index contributed by atoms with van der Waals surface area (Å²) in [6, 6.07) is 9.98. The Balaban J connectivity index is 2.23. The Morgan fingerprint density at radius 3 is 2.68 bits per heavy atom. The summed E-state index contributed by atoms with van der Waals surface area (Å²) in [7, 11) is 1.96. The van der Waals surface area contributed by atoms with Crippen molar-refractivity contribution in [1.82, 2.24) is 9.88 Å². The van der Waals surface area contributed by atoms with Crippen molar-refractivity contribution in [3.05, 3.63) is 41.0 Å². The minimum atomic E-state index is -0.717. The van der Waals surface area contributed by atoms with Crippen LogP contribution in [0.3, 0.4) is 0 Å². The Kier molecular flexibility index (Phi) is 4.09. The predicted molar refractivity (Wildman–Crippen MR) is 79.4 cm³/mol. The van der Waals surface area contributed by atoms with Gasteiger partial charge in [-0.1, -0.05) is 29.8 Å². The van der Waals surface area contributed by atoms with Crippen molar-refractivity contribution in [3.8, 4) is 0 Å². The van der Waals surface area contributed by atoms with Crippen LogP contribution in [-0.2, 0) is 6.54 Å². The Hall–Kier alpha value is -1.16. The first-order valence-corrected chi connectivity index (χ1v) is 6.68. The van der Waals surface area contributed by atoms with E-state index in [0.29, 0.717) is 18.2 Å². The van der Waals surface area contributed by atoms with Crippen LogP contribution in [0.2, 0.25) is 5.15 Å². The number of halogens is 1. The third-order valence-corrected chi connectivity index (χ3v) is 3.17. The van der Waals surface area contributed by atoms with Crippen molar-refractivity contribution in [2.24, 2.45) is 0 Å². The molecule has 0 aliphatic heterocycles. The van der Waals surface area contributed by atoms with E-state index < -0.39 is 5.60 Å². The molecule has 0 saturated heterocycles. The number of aromatic nitrogens is 1. The summed E-state index contributed by atoms with van der Waals surface area (Å²) in [6.07, 6.45) is 0. The van der Waals surface area contributed by atoms with Crippen molar-refractivity contribution in [3.63, 3.8) is 0 Å². The average Bonchev–Trinajstić information content (AvgIpc) is 2.27. The number of fused-ring (bicyclic) bond motifs is 1. The van der Waals surface area contributed by atoms with Crippen LogP contribution >= 0.6 is 11.6 Å². The third kappa shape index (κ3) is 3.90.